The average Bonchev–Trinajstić information content (AvgIpc) is 2.72. The molecule has 2 heterocycles. The molecular weight excluding hydrogens is 224 g/mol. The van der Waals surface area contributed by atoms with Crippen LogP contribution in [0.1, 0.15) is 28.6 Å². The van der Waals surface area contributed by atoms with Crippen LogP contribution in [-0.4, -0.2) is 21.8 Å². The minimum atomic E-state index is 0.280. The van der Waals surface area contributed by atoms with Crippen LogP contribution in [0.5, 0.6) is 0 Å². The highest BCUT2D eigenvalue weighted by molar-refractivity contribution is 5.26. The summed E-state index contributed by atoms with van der Waals surface area (Å²) in [6.07, 6.45) is 4.90. The smallest absolute Gasteiger partial charge is 0.0522 e. The van der Waals surface area contributed by atoms with Gasteiger partial charge in [0.05, 0.1) is 6.20 Å². The molecule has 2 aromatic heterocycles. The first-order valence-corrected chi connectivity index (χ1v) is 6.19. The largest absolute Gasteiger partial charge is 0.313 e. The van der Waals surface area contributed by atoms with E-state index in [1.54, 1.807) is 0 Å². The summed E-state index contributed by atoms with van der Waals surface area (Å²) in [7, 11) is 3.93. The van der Waals surface area contributed by atoms with Crippen LogP contribution in [0.3, 0.4) is 0 Å². The Morgan fingerprint density at radius 3 is 2.67 bits per heavy atom. The molecular formula is C14H20N4. The van der Waals surface area contributed by atoms with Crippen molar-refractivity contribution in [1.82, 2.24) is 20.1 Å². The minimum absolute atomic E-state index is 0.280. The van der Waals surface area contributed by atoms with Crippen molar-refractivity contribution in [1.29, 1.82) is 0 Å². The van der Waals surface area contributed by atoms with Gasteiger partial charge in [-0.25, -0.2) is 0 Å². The molecule has 0 fully saturated rings. The molecule has 0 aliphatic rings. The van der Waals surface area contributed by atoms with E-state index < -0.39 is 0 Å². The summed E-state index contributed by atoms with van der Waals surface area (Å²) in [5.41, 5.74) is 4.65. The Balaban J connectivity index is 2.22. The predicted octanol–water partition coefficient (Wildman–Crippen LogP) is 1.94. The molecule has 0 aliphatic carbocycles. The molecule has 1 unspecified atom stereocenters. The second-order valence-corrected chi connectivity index (χ2v) is 4.69. The Labute approximate surface area is 108 Å². The van der Waals surface area contributed by atoms with Gasteiger partial charge in [0.1, 0.15) is 0 Å². The van der Waals surface area contributed by atoms with E-state index in [0.29, 0.717) is 0 Å². The number of rotatable bonds is 4. The Morgan fingerprint density at radius 1 is 1.33 bits per heavy atom. The molecule has 1 N–H and O–H groups in total. The Kier molecular flexibility index (Phi) is 3.77. The molecule has 0 aromatic carbocycles. The maximum absolute atomic E-state index is 4.53. The van der Waals surface area contributed by atoms with Crippen LogP contribution in [0.2, 0.25) is 0 Å². The number of nitrogens with one attached hydrogen (secondary N) is 1. The standard InChI is InChI=1S/C14H20N4/c1-10-5-6-13(11(2)17-10)14(15-3)7-12-8-16-18(4)9-12/h5-6,8-9,14-15H,7H2,1-4H3. The summed E-state index contributed by atoms with van der Waals surface area (Å²) in [4.78, 5) is 4.53. The minimum Gasteiger partial charge on any atom is -0.313 e. The van der Waals surface area contributed by atoms with Gasteiger partial charge in [0, 0.05) is 30.7 Å². The molecule has 0 bridgehead atoms. The number of pyridine rings is 1. The van der Waals surface area contributed by atoms with Gasteiger partial charge in [-0.15, -0.1) is 0 Å². The molecule has 0 saturated heterocycles. The van der Waals surface area contributed by atoms with Gasteiger partial charge in [-0.2, -0.15) is 5.10 Å². The lowest BCUT2D eigenvalue weighted by Gasteiger charge is -2.18. The third-order valence-electron chi connectivity index (χ3n) is 3.19. The van der Waals surface area contributed by atoms with E-state index in [2.05, 4.69) is 40.7 Å². The maximum atomic E-state index is 4.53. The van der Waals surface area contributed by atoms with Crippen LogP contribution in [0.25, 0.3) is 0 Å². The topological polar surface area (TPSA) is 42.7 Å². The fourth-order valence-electron chi connectivity index (χ4n) is 2.25. The highest BCUT2D eigenvalue weighted by atomic mass is 15.2. The molecule has 0 aliphatic heterocycles. The van der Waals surface area contributed by atoms with Crippen molar-refractivity contribution >= 4 is 0 Å². The van der Waals surface area contributed by atoms with Crippen molar-refractivity contribution in [2.24, 2.45) is 7.05 Å². The van der Waals surface area contributed by atoms with Gasteiger partial charge in [0.2, 0.25) is 0 Å². The Bertz CT molecular complexity index is 530. The van der Waals surface area contributed by atoms with Crippen LogP contribution in [0, 0.1) is 13.8 Å². The maximum Gasteiger partial charge on any atom is 0.0522 e. The fourth-order valence-corrected chi connectivity index (χ4v) is 2.25. The first-order valence-electron chi connectivity index (χ1n) is 6.19. The fraction of sp³-hybridized carbons (Fsp3) is 0.429. The third kappa shape index (κ3) is 2.76. The van der Waals surface area contributed by atoms with Crippen molar-refractivity contribution in [3.8, 4) is 0 Å². The van der Waals surface area contributed by atoms with E-state index in [0.717, 1.165) is 17.8 Å². The summed E-state index contributed by atoms with van der Waals surface area (Å²) in [5.74, 6) is 0. The zero-order valence-corrected chi connectivity index (χ0v) is 11.4. The van der Waals surface area contributed by atoms with Gasteiger partial charge in [-0.1, -0.05) is 6.07 Å². The monoisotopic (exact) mass is 244 g/mol. The van der Waals surface area contributed by atoms with E-state index >= 15 is 0 Å². The van der Waals surface area contributed by atoms with Crippen molar-refractivity contribution in [3.05, 3.63) is 47.0 Å². The summed E-state index contributed by atoms with van der Waals surface area (Å²) in [6.45, 7) is 4.09. The highest BCUT2D eigenvalue weighted by Gasteiger charge is 2.14. The van der Waals surface area contributed by atoms with Gasteiger partial charge in [0.25, 0.3) is 0 Å². The summed E-state index contributed by atoms with van der Waals surface area (Å²) < 4.78 is 1.84. The first kappa shape index (κ1) is 12.8. The van der Waals surface area contributed by atoms with Crippen molar-refractivity contribution in [3.63, 3.8) is 0 Å². The van der Waals surface area contributed by atoms with Crippen molar-refractivity contribution < 1.29 is 0 Å². The average molecular weight is 244 g/mol. The zero-order valence-electron chi connectivity index (χ0n) is 11.4. The Morgan fingerprint density at radius 2 is 2.11 bits per heavy atom. The van der Waals surface area contributed by atoms with Crippen LogP contribution in [-0.2, 0) is 13.5 Å². The highest BCUT2D eigenvalue weighted by Crippen LogP contribution is 2.20. The molecule has 0 radical (unpaired) electrons. The zero-order chi connectivity index (χ0) is 13.1. The normalized spacial score (nSPS) is 12.7. The Hall–Kier alpha value is -1.68. The van der Waals surface area contributed by atoms with Gasteiger partial charge < -0.3 is 5.32 Å². The van der Waals surface area contributed by atoms with Crippen LogP contribution < -0.4 is 5.32 Å². The number of hydrogen-bond donors (Lipinski definition) is 1. The van der Waals surface area contributed by atoms with Gasteiger partial charge in [-0.05, 0) is 44.5 Å². The van der Waals surface area contributed by atoms with Crippen LogP contribution >= 0.6 is 0 Å². The summed E-state index contributed by atoms with van der Waals surface area (Å²) in [5, 5.41) is 7.57. The number of likely N-dealkylation sites (N-methyl/N-ethyl adjacent to an activating group) is 1. The van der Waals surface area contributed by atoms with Gasteiger partial charge >= 0.3 is 0 Å². The first-order chi connectivity index (χ1) is 8.60. The van der Waals surface area contributed by atoms with E-state index in [-0.39, 0.29) is 6.04 Å². The summed E-state index contributed by atoms with van der Waals surface area (Å²) >= 11 is 0. The van der Waals surface area contributed by atoms with E-state index in [1.807, 2.05) is 31.9 Å². The molecule has 2 rings (SSSR count). The lowest BCUT2D eigenvalue weighted by atomic mass is 9.99. The van der Waals surface area contributed by atoms with Crippen LogP contribution in [0.15, 0.2) is 24.5 Å². The van der Waals surface area contributed by atoms with Crippen molar-refractivity contribution in [2.45, 2.75) is 26.3 Å². The molecule has 4 heteroatoms. The third-order valence-corrected chi connectivity index (χ3v) is 3.19. The van der Waals surface area contributed by atoms with E-state index in [4.69, 9.17) is 0 Å². The second kappa shape index (κ2) is 5.31. The predicted molar refractivity (Wildman–Crippen MR) is 72.4 cm³/mol. The van der Waals surface area contributed by atoms with Gasteiger partial charge in [-0.3, -0.25) is 9.67 Å². The molecule has 18 heavy (non-hydrogen) atoms. The molecule has 4 nitrogen and oxygen atoms in total. The molecule has 96 valence electrons. The number of hydrogen-bond acceptors (Lipinski definition) is 3. The quantitative estimate of drug-likeness (QED) is 0.893. The van der Waals surface area contributed by atoms with Gasteiger partial charge in [0.15, 0.2) is 0 Å². The second-order valence-electron chi connectivity index (χ2n) is 4.69. The van der Waals surface area contributed by atoms with Crippen molar-refractivity contribution in [2.75, 3.05) is 7.05 Å². The molecule has 0 spiro atoms. The summed E-state index contributed by atoms with van der Waals surface area (Å²) in [6, 6.07) is 4.51. The molecule has 0 saturated carbocycles. The molecule has 2 aromatic rings. The number of aromatic nitrogens is 3. The number of aryl methyl sites for hydroxylation is 3. The number of nitrogens with zero attached hydrogens (tertiary/aromatic N) is 3. The van der Waals surface area contributed by atoms with E-state index in [1.165, 1.54) is 11.1 Å². The SMILES string of the molecule is CNC(Cc1cnn(C)c1)c1ccc(C)nc1C. The lowest BCUT2D eigenvalue weighted by Crippen LogP contribution is -2.20. The lowest BCUT2D eigenvalue weighted by molar-refractivity contribution is 0.585. The molecule has 1 atom stereocenters. The van der Waals surface area contributed by atoms with Crippen LogP contribution in [0.4, 0.5) is 0 Å². The van der Waals surface area contributed by atoms with E-state index in [9.17, 15) is 0 Å². The molecule has 0 amide bonds.